The van der Waals surface area contributed by atoms with Crippen LogP contribution in [0.15, 0.2) is 12.4 Å². The molecule has 8 heteroatoms. The molecule has 0 saturated carbocycles. The summed E-state index contributed by atoms with van der Waals surface area (Å²) >= 11 is 2.17. The summed E-state index contributed by atoms with van der Waals surface area (Å²) < 4.78 is 4.42. The van der Waals surface area contributed by atoms with Gasteiger partial charge in [-0.05, 0) is 29.5 Å². The van der Waals surface area contributed by atoms with Gasteiger partial charge in [-0.25, -0.2) is 0 Å². The molecule has 2 aromatic rings. The predicted octanol–water partition coefficient (Wildman–Crippen LogP) is 1.02. The quantitative estimate of drug-likeness (QED) is 0.686. The lowest BCUT2D eigenvalue weighted by molar-refractivity contribution is 0.0616. The predicted molar refractivity (Wildman–Crippen MR) is 95.1 cm³/mol. The van der Waals surface area contributed by atoms with E-state index in [0.717, 1.165) is 42.0 Å². The van der Waals surface area contributed by atoms with Crippen LogP contribution in [0.25, 0.3) is 0 Å². The Morgan fingerprint density at radius 1 is 1.26 bits per heavy atom. The van der Waals surface area contributed by atoms with Crippen LogP contribution in [0.1, 0.15) is 21.7 Å². The lowest BCUT2D eigenvalue weighted by Gasteiger charge is -2.34. The van der Waals surface area contributed by atoms with E-state index in [2.05, 4.69) is 43.9 Å². The summed E-state index contributed by atoms with van der Waals surface area (Å²) in [7, 11) is 3.76. The van der Waals surface area contributed by atoms with Crippen molar-refractivity contribution in [3.8, 4) is 0 Å². The first-order valence-electron chi connectivity index (χ1n) is 7.64. The van der Waals surface area contributed by atoms with Crippen LogP contribution in [0.4, 0.5) is 0 Å². The van der Waals surface area contributed by atoms with Gasteiger partial charge in [0.2, 0.25) is 0 Å². The molecule has 1 aliphatic rings. The van der Waals surface area contributed by atoms with Crippen molar-refractivity contribution in [3.05, 3.63) is 32.9 Å². The average Bonchev–Trinajstić information content (AvgIpc) is 3.01. The fourth-order valence-corrected chi connectivity index (χ4v) is 3.66. The summed E-state index contributed by atoms with van der Waals surface area (Å²) in [6.45, 7) is 6.20. The molecule has 124 valence electrons. The van der Waals surface area contributed by atoms with Gasteiger partial charge in [0, 0.05) is 58.6 Å². The summed E-state index contributed by atoms with van der Waals surface area (Å²) in [4.78, 5) is 17.0. The monoisotopic (exact) mass is 428 g/mol. The van der Waals surface area contributed by atoms with E-state index in [0.29, 0.717) is 5.69 Å². The minimum absolute atomic E-state index is 0.0756. The van der Waals surface area contributed by atoms with Crippen LogP contribution in [0.2, 0.25) is 0 Å². The third-order valence-corrected chi connectivity index (χ3v) is 5.05. The highest BCUT2D eigenvalue weighted by atomic mass is 127. The number of amides is 1. The molecule has 0 unspecified atom stereocenters. The summed E-state index contributed by atoms with van der Waals surface area (Å²) in [6.07, 6.45) is 3.81. The lowest BCUT2D eigenvalue weighted by atomic mass is 10.2. The molecule has 23 heavy (non-hydrogen) atoms. The number of hydrogen-bond acceptors (Lipinski definition) is 4. The van der Waals surface area contributed by atoms with Gasteiger partial charge in [0.05, 0.1) is 15.5 Å². The second kappa shape index (κ2) is 6.60. The van der Waals surface area contributed by atoms with E-state index in [4.69, 9.17) is 0 Å². The maximum atomic E-state index is 12.7. The fraction of sp³-hybridized carbons (Fsp3) is 0.533. The summed E-state index contributed by atoms with van der Waals surface area (Å²) in [5, 5.41) is 8.54. The number of aryl methyl sites for hydroxylation is 3. The Hall–Kier alpha value is -1.42. The molecule has 0 bridgehead atoms. The number of carbonyl (C=O) groups is 1. The van der Waals surface area contributed by atoms with E-state index in [9.17, 15) is 4.79 Å². The molecule has 1 amide bonds. The highest BCUT2D eigenvalue weighted by Gasteiger charge is 2.26. The first kappa shape index (κ1) is 16.4. The number of hydrogen-bond donors (Lipinski definition) is 0. The van der Waals surface area contributed by atoms with Crippen LogP contribution in [-0.2, 0) is 20.6 Å². The Morgan fingerprint density at radius 3 is 2.48 bits per heavy atom. The van der Waals surface area contributed by atoms with Crippen molar-refractivity contribution in [2.24, 2.45) is 14.1 Å². The SMILES string of the molecule is Cc1nn(C)cc1CN1CCN(C(=O)c2c(I)cnn2C)CC1. The molecule has 3 heterocycles. The zero-order valence-corrected chi connectivity index (χ0v) is 15.8. The van der Waals surface area contributed by atoms with E-state index < -0.39 is 0 Å². The van der Waals surface area contributed by atoms with Crippen LogP contribution in [-0.4, -0.2) is 61.4 Å². The Bertz CT molecular complexity index is 694. The van der Waals surface area contributed by atoms with E-state index in [1.165, 1.54) is 5.56 Å². The van der Waals surface area contributed by atoms with Crippen molar-refractivity contribution in [1.29, 1.82) is 0 Å². The Morgan fingerprint density at radius 2 is 1.96 bits per heavy atom. The zero-order chi connectivity index (χ0) is 16.6. The van der Waals surface area contributed by atoms with Gasteiger partial charge in [-0.1, -0.05) is 0 Å². The maximum absolute atomic E-state index is 12.7. The number of carbonyl (C=O) groups excluding carboxylic acids is 1. The Balaban J connectivity index is 1.60. The van der Waals surface area contributed by atoms with Gasteiger partial charge in [-0.3, -0.25) is 19.1 Å². The Labute approximate surface area is 149 Å². The highest BCUT2D eigenvalue weighted by Crippen LogP contribution is 2.16. The van der Waals surface area contributed by atoms with Gasteiger partial charge >= 0.3 is 0 Å². The van der Waals surface area contributed by atoms with Crippen molar-refractivity contribution >= 4 is 28.5 Å². The van der Waals surface area contributed by atoms with Crippen molar-refractivity contribution in [2.45, 2.75) is 13.5 Å². The van der Waals surface area contributed by atoms with E-state index in [1.54, 1.807) is 10.9 Å². The molecule has 3 rings (SSSR count). The van der Waals surface area contributed by atoms with E-state index in [1.807, 2.05) is 30.6 Å². The smallest absolute Gasteiger partial charge is 0.273 e. The van der Waals surface area contributed by atoms with Crippen LogP contribution in [0.5, 0.6) is 0 Å². The summed E-state index contributed by atoms with van der Waals surface area (Å²) in [6, 6.07) is 0. The van der Waals surface area contributed by atoms with Gasteiger partial charge in [0.15, 0.2) is 0 Å². The molecular weight excluding hydrogens is 407 g/mol. The number of halogens is 1. The first-order valence-corrected chi connectivity index (χ1v) is 8.72. The molecule has 0 aliphatic carbocycles. The standard InChI is InChI=1S/C15H21IN6O/c1-11-12(9-19(2)18-11)10-21-4-6-22(7-5-21)15(23)14-13(16)8-17-20(14)3/h8-9H,4-7,10H2,1-3H3. The van der Waals surface area contributed by atoms with Crippen molar-refractivity contribution in [1.82, 2.24) is 29.4 Å². The molecule has 7 nitrogen and oxygen atoms in total. The normalized spacial score (nSPS) is 16.1. The first-order chi connectivity index (χ1) is 11.0. The summed E-state index contributed by atoms with van der Waals surface area (Å²) in [5.74, 6) is 0.0756. The molecule has 1 aliphatic heterocycles. The summed E-state index contributed by atoms with van der Waals surface area (Å²) in [5.41, 5.74) is 3.02. The third kappa shape index (κ3) is 3.42. The molecule has 0 N–H and O–H groups in total. The van der Waals surface area contributed by atoms with Crippen molar-refractivity contribution < 1.29 is 4.79 Å². The third-order valence-electron chi connectivity index (χ3n) is 4.27. The topological polar surface area (TPSA) is 59.2 Å². The minimum Gasteiger partial charge on any atom is -0.335 e. The van der Waals surface area contributed by atoms with E-state index in [-0.39, 0.29) is 5.91 Å². The Kier molecular flexibility index (Phi) is 4.72. The van der Waals surface area contributed by atoms with Gasteiger partial charge in [-0.2, -0.15) is 10.2 Å². The molecule has 1 fully saturated rings. The number of piperazine rings is 1. The van der Waals surface area contributed by atoms with E-state index >= 15 is 0 Å². The van der Waals surface area contributed by atoms with Crippen molar-refractivity contribution in [2.75, 3.05) is 26.2 Å². The molecule has 0 aromatic carbocycles. The minimum atomic E-state index is 0.0756. The van der Waals surface area contributed by atoms with Gasteiger partial charge < -0.3 is 4.90 Å². The molecule has 2 aromatic heterocycles. The van der Waals surface area contributed by atoms with Gasteiger partial charge in [-0.15, -0.1) is 0 Å². The van der Waals surface area contributed by atoms with Crippen molar-refractivity contribution in [3.63, 3.8) is 0 Å². The molecule has 0 spiro atoms. The molecule has 1 saturated heterocycles. The van der Waals surface area contributed by atoms with Crippen LogP contribution >= 0.6 is 22.6 Å². The largest absolute Gasteiger partial charge is 0.335 e. The molecule has 0 atom stereocenters. The molecule has 0 radical (unpaired) electrons. The second-order valence-electron chi connectivity index (χ2n) is 5.95. The highest BCUT2D eigenvalue weighted by molar-refractivity contribution is 14.1. The fourth-order valence-electron chi connectivity index (χ4n) is 2.95. The number of aromatic nitrogens is 4. The lowest BCUT2D eigenvalue weighted by Crippen LogP contribution is -2.48. The second-order valence-corrected chi connectivity index (χ2v) is 7.11. The number of rotatable bonds is 3. The van der Waals surface area contributed by atoms with Crippen LogP contribution in [0, 0.1) is 10.5 Å². The average molecular weight is 428 g/mol. The number of nitrogens with zero attached hydrogens (tertiary/aromatic N) is 6. The zero-order valence-electron chi connectivity index (χ0n) is 13.7. The maximum Gasteiger partial charge on any atom is 0.273 e. The van der Waals surface area contributed by atoms with Crippen LogP contribution in [0.3, 0.4) is 0 Å². The van der Waals surface area contributed by atoms with Gasteiger partial charge in [0.25, 0.3) is 5.91 Å². The van der Waals surface area contributed by atoms with Gasteiger partial charge in [0.1, 0.15) is 5.69 Å². The molecular formula is C15H21IN6O. The van der Waals surface area contributed by atoms with Crippen LogP contribution < -0.4 is 0 Å².